The second-order valence-electron chi connectivity index (χ2n) is 4.43. The maximum Gasteiger partial charge on any atom is 0.294 e. The SMILES string of the molecule is Nc1c2ccccc2nc2c(N)cc(S(=O)(=O)O)cc12. The average molecular weight is 289 g/mol. The van der Waals surface area contributed by atoms with Crippen LogP contribution in [0.25, 0.3) is 21.8 Å². The fraction of sp³-hybridized carbons (Fsp3) is 0. The molecule has 0 saturated carbocycles. The van der Waals surface area contributed by atoms with Crippen LogP contribution in [0.4, 0.5) is 11.4 Å². The normalized spacial score (nSPS) is 12.1. The molecule has 0 fully saturated rings. The lowest BCUT2D eigenvalue weighted by atomic mass is 10.1. The van der Waals surface area contributed by atoms with Crippen LogP contribution in [0.1, 0.15) is 0 Å². The standard InChI is InChI=1S/C13H11N3O3S/c14-10-6-7(20(17,18)19)5-9-12(15)8-3-1-2-4-11(8)16-13(9)10/h1-6H,14H2,(H2,15,16)(H,17,18,19). The number of para-hydroxylation sites is 1. The van der Waals surface area contributed by atoms with Gasteiger partial charge in [0.05, 0.1) is 27.3 Å². The number of rotatable bonds is 1. The number of anilines is 2. The third kappa shape index (κ3) is 1.84. The summed E-state index contributed by atoms with van der Waals surface area (Å²) in [5, 5.41) is 1.10. The van der Waals surface area contributed by atoms with E-state index in [9.17, 15) is 8.42 Å². The van der Waals surface area contributed by atoms with E-state index in [1.165, 1.54) is 12.1 Å². The number of nitrogen functional groups attached to an aromatic ring is 2. The molecule has 1 aromatic heterocycles. The minimum Gasteiger partial charge on any atom is -0.398 e. The molecular formula is C13H11N3O3S. The van der Waals surface area contributed by atoms with E-state index in [2.05, 4.69) is 4.98 Å². The molecule has 2 aromatic carbocycles. The summed E-state index contributed by atoms with van der Waals surface area (Å²) < 4.78 is 31.6. The quantitative estimate of drug-likeness (QED) is 0.357. The summed E-state index contributed by atoms with van der Waals surface area (Å²) in [6, 6.07) is 9.65. The van der Waals surface area contributed by atoms with Gasteiger partial charge in [-0.25, -0.2) is 4.98 Å². The van der Waals surface area contributed by atoms with E-state index < -0.39 is 10.1 Å². The van der Waals surface area contributed by atoms with E-state index in [0.717, 1.165) is 0 Å². The molecule has 0 spiro atoms. The van der Waals surface area contributed by atoms with E-state index in [1.807, 2.05) is 12.1 Å². The number of benzene rings is 2. The van der Waals surface area contributed by atoms with Gasteiger partial charge in [-0.1, -0.05) is 18.2 Å². The van der Waals surface area contributed by atoms with Gasteiger partial charge in [0, 0.05) is 10.8 Å². The summed E-state index contributed by atoms with van der Waals surface area (Å²) in [5.74, 6) is 0. The molecule has 0 saturated heterocycles. The van der Waals surface area contributed by atoms with Gasteiger partial charge >= 0.3 is 0 Å². The minimum atomic E-state index is -4.35. The van der Waals surface area contributed by atoms with E-state index in [0.29, 0.717) is 27.5 Å². The maximum atomic E-state index is 11.2. The monoisotopic (exact) mass is 289 g/mol. The van der Waals surface area contributed by atoms with Gasteiger partial charge in [0.15, 0.2) is 0 Å². The van der Waals surface area contributed by atoms with Gasteiger partial charge in [0.2, 0.25) is 0 Å². The molecule has 3 rings (SSSR count). The third-order valence-corrected chi connectivity index (χ3v) is 3.96. The van der Waals surface area contributed by atoms with Gasteiger partial charge in [0.25, 0.3) is 10.1 Å². The smallest absolute Gasteiger partial charge is 0.294 e. The van der Waals surface area contributed by atoms with Crippen molar-refractivity contribution in [3.05, 3.63) is 36.4 Å². The maximum absolute atomic E-state index is 11.2. The fourth-order valence-electron chi connectivity index (χ4n) is 2.17. The topological polar surface area (TPSA) is 119 Å². The van der Waals surface area contributed by atoms with Gasteiger partial charge in [0.1, 0.15) is 0 Å². The van der Waals surface area contributed by atoms with E-state index in [-0.39, 0.29) is 10.6 Å². The molecule has 0 aliphatic carbocycles. The van der Waals surface area contributed by atoms with Crippen LogP contribution in [0.15, 0.2) is 41.3 Å². The summed E-state index contributed by atoms with van der Waals surface area (Å²) >= 11 is 0. The van der Waals surface area contributed by atoms with Crippen LogP contribution in [0.2, 0.25) is 0 Å². The zero-order valence-electron chi connectivity index (χ0n) is 10.2. The summed E-state index contributed by atoms with van der Waals surface area (Å²) in [7, 11) is -4.35. The average Bonchev–Trinajstić information content (AvgIpc) is 2.39. The Morgan fingerprint density at radius 3 is 2.45 bits per heavy atom. The van der Waals surface area contributed by atoms with Crippen molar-refractivity contribution in [1.29, 1.82) is 0 Å². The van der Waals surface area contributed by atoms with Crippen LogP contribution in [-0.4, -0.2) is 18.0 Å². The molecule has 0 aliphatic rings. The predicted molar refractivity (Wildman–Crippen MR) is 77.9 cm³/mol. The first-order valence-corrected chi connectivity index (χ1v) is 7.17. The van der Waals surface area contributed by atoms with E-state index in [1.54, 1.807) is 12.1 Å². The van der Waals surface area contributed by atoms with Crippen molar-refractivity contribution < 1.29 is 13.0 Å². The van der Waals surface area contributed by atoms with Crippen LogP contribution in [0.3, 0.4) is 0 Å². The third-order valence-electron chi connectivity index (χ3n) is 3.13. The number of hydrogen-bond acceptors (Lipinski definition) is 5. The largest absolute Gasteiger partial charge is 0.398 e. The lowest BCUT2D eigenvalue weighted by Crippen LogP contribution is -2.02. The Morgan fingerprint density at radius 1 is 1.05 bits per heavy atom. The summed E-state index contributed by atoms with van der Waals surface area (Å²) in [4.78, 5) is 4.08. The molecule has 5 N–H and O–H groups in total. The highest BCUT2D eigenvalue weighted by atomic mass is 32.2. The van der Waals surface area contributed by atoms with Crippen LogP contribution < -0.4 is 11.5 Å². The van der Waals surface area contributed by atoms with Crippen molar-refractivity contribution in [2.75, 3.05) is 11.5 Å². The number of hydrogen-bond donors (Lipinski definition) is 3. The Labute approximate surface area is 114 Å². The second kappa shape index (κ2) is 4.06. The number of nitrogens with two attached hydrogens (primary N) is 2. The fourth-order valence-corrected chi connectivity index (χ4v) is 2.72. The molecule has 0 aliphatic heterocycles. The Morgan fingerprint density at radius 2 is 1.75 bits per heavy atom. The molecule has 0 bridgehead atoms. The van der Waals surface area contributed by atoms with Gasteiger partial charge in [-0.2, -0.15) is 8.42 Å². The number of pyridine rings is 1. The van der Waals surface area contributed by atoms with Gasteiger partial charge < -0.3 is 11.5 Å². The van der Waals surface area contributed by atoms with Crippen molar-refractivity contribution in [2.45, 2.75) is 4.90 Å². The zero-order valence-corrected chi connectivity index (χ0v) is 11.1. The highest BCUT2D eigenvalue weighted by Crippen LogP contribution is 2.33. The summed E-state index contributed by atoms with van der Waals surface area (Å²) in [6.45, 7) is 0. The highest BCUT2D eigenvalue weighted by Gasteiger charge is 2.15. The molecule has 1 heterocycles. The number of aromatic nitrogens is 1. The second-order valence-corrected chi connectivity index (χ2v) is 5.85. The zero-order chi connectivity index (χ0) is 14.5. The van der Waals surface area contributed by atoms with Crippen LogP contribution in [0.5, 0.6) is 0 Å². The summed E-state index contributed by atoms with van der Waals surface area (Å²) in [6.07, 6.45) is 0. The van der Waals surface area contributed by atoms with Gasteiger partial charge in [-0.15, -0.1) is 0 Å². The molecular weight excluding hydrogens is 278 g/mol. The van der Waals surface area contributed by atoms with Crippen molar-refractivity contribution in [3.63, 3.8) is 0 Å². The van der Waals surface area contributed by atoms with Crippen LogP contribution in [0, 0.1) is 0 Å². The Hall–Kier alpha value is -2.38. The van der Waals surface area contributed by atoms with Crippen molar-refractivity contribution in [3.8, 4) is 0 Å². The summed E-state index contributed by atoms with van der Waals surface area (Å²) in [5.41, 5.74) is 13.5. The molecule has 7 heteroatoms. The van der Waals surface area contributed by atoms with Crippen molar-refractivity contribution in [2.24, 2.45) is 0 Å². The molecule has 102 valence electrons. The predicted octanol–water partition coefficient (Wildman–Crippen LogP) is 1.80. The van der Waals surface area contributed by atoms with E-state index >= 15 is 0 Å². The van der Waals surface area contributed by atoms with Gasteiger partial charge in [-0.05, 0) is 18.2 Å². The molecule has 6 nitrogen and oxygen atoms in total. The van der Waals surface area contributed by atoms with Gasteiger partial charge in [-0.3, -0.25) is 4.55 Å². The molecule has 3 aromatic rings. The van der Waals surface area contributed by atoms with Crippen molar-refractivity contribution >= 4 is 43.3 Å². The first-order chi connectivity index (χ1) is 9.38. The number of fused-ring (bicyclic) bond motifs is 2. The molecule has 0 unspecified atom stereocenters. The van der Waals surface area contributed by atoms with E-state index in [4.69, 9.17) is 16.0 Å². The molecule has 0 radical (unpaired) electrons. The molecule has 0 amide bonds. The Kier molecular flexibility index (Phi) is 2.56. The lowest BCUT2D eigenvalue weighted by Gasteiger charge is -2.10. The van der Waals surface area contributed by atoms with Crippen LogP contribution in [-0.2, 0) is 10.1 Å². The first-order valence-electron chi connectivity index (χ1n) is 5.73. The molecule has 20 heavy (non-hydrogen) atoms. The Bertz CT molecular complexity index is 952. The van der Waals surface area contributed by atoms with Crippen molar-refractivity contribution in [1.82, 2.24) is 4.98 Å². The minimum absolute atomic E-state index is 0.146. The molecule has 0 atom stereocenters. The van der Waals surface area contributed by atoms with Crippen LogP contribution >= 0.6 is 0 Å². The Balaban J connectivity index is 2.53. The lowest BCUT2D eigenvalue weighted by molar-refractivity contribution is 0.483. The number of nitrogens with zero attached hydrogens (tertiary/aromatic N) is 1. The highest BCUT2D eigenvalue weighted by molar-refractivity contribution is 7.85. The first kappa shape index (κ1) is 12.6.